The van der Waals surface area contributed by atoms with Crippen LogP contribution in [0.1, 0.15) is 57.6 Å². The molecule has 3 rings (SSSR count). The monoisotopic (exact) mass is 460 g/mol. The summed E-state index contributed by atoms with van der Waals surface area (Å²) in [5, 5.41) is 11.7. The van der Waals surface area contributed by atoms with Crippen molar-refractivity contribution in [2.75, 3.05) is 0 Å². The van der Waals surface area contributed by atoms with Gasteiger partial charge in [0.05, 0.1) is 5.60 Å². The largest absolute Gasteiger partial charge is 0.429 e. The third-order valence-electron chi connectivity index (χ3n) is 6.42. The maximum Gasteiger partial charge on any atom is 0.429 e. The molecule has 8 heteroatoms. The summed E-state index contributed by atoms with van der Waals surface area (Å²) in [5.41, 5.74) is -7.20. The molecule has 2 aromatic rings. The molecular formula is C24H26F6O2. The van der Waals surface area contributed by atoms with E-state index in [0.29, 0.717) is 32.3 Å². The molecule has 1 aliphatic rings. The van der Waals surface area contributed by atoms with Crippen molar-refractivity contribution in [3.8, 4) is 0 Å². The predicted octanol–water partition coefficient (Wildman–Crippen LogP) is 7.29. The Hall–Kier alpha value is -2.06. The predicted molar refractivity (Wildman–Crippen MR) is 111 cm³/mol. The fraction of sp³-hybridized carbons (Fsp3) is 0.500. The van der Waals surface area contributed by atoms with Crippen LogP contribution >= 0.6 is 0 Å². The van der Waals surface area contributed by atoms with E-state index in [2.05, 4.69) is 6.58 Å². The first-order chi connectivity index (χ1) is 14.6. The first-order valence-electron chi connectivity index (χ1n) is 10.3. The van der Waals surface area contributed by atoms with E-state index < -0.39 is 29.2 Å². The van der Waals surface area contributed by atoms with Gasteiger partial charge in [0.1, 0.15) is 5.60 Å². The highest BCUT2D eigenvalue weighted by molar-refractivity contribution is 5.93. The van der Waals surface area contributed by atoms with Crippen molar-refractivity contribution < 1.29 is 36.2 Å². The Morgan fingerprint density at radius 2 is 1.53 bits per heavy atom. The van der Waals surface area contributed by atoms with Crippen LogP contribution < -0.4 is 0 Å². The van der Waals surface area contributed by atoms with E-state index in [9.17, 15) is 31.4 Å². The van der Waals surface area contributed by atoms with Gasteiger partial charge in [0.15, 0.2) is 0 Å². The van der Waals surface area contributed by atoms with E-state index >= 15 is 0 Å². The normalized spacial score (nSPS) is 17.7. The number of rotatable bonds is 5. The lowest BCUT2D eigenvalue weighted by atomic mass is 9.81. The summed E-state index contributed by atoms with van der Waals surface area (Å²) in [6, 6.07) is 10.7. The smallest absolute Gasteiger partial charge is 0.371 e. The molecule has 0 atom stereocenters. The van der Waals surface area contributed by atoms with Crippen molar-refractivity contribution >= 4 is 16.3 Å². The van der Waals surface area contributed by atoms with Gasteiger partial charge in [-0.05, 0) is 61.6 Å². The summed E-state index contributed by atoms with van der Waals surface area (Å²) in [6.45, 7) is 7.09. The molecule has 2 nitrogen and oxygen atoms in total. The molecule has 176 valence electrons. The summed E-state index contributed by atoms with van der Waals surface area (Å²) in [6.07, 6.45) is -10.3. The zero-order valence-corrected chi connectivity index (χ0v) is 18.1. The van der Waals surface area contributed by atoms with Crippen LogP contribution in [0.2, 0.25) is 0 Å². The van der Waals surface area contributed by atoms with Crippen LogP contribution in [-0.4, -0.2) is 28.7 Å². The van der Waals surface area contributed by atoms with E-state index in [1.165, 1.54) is 0 Å². The molecule has 0 bridgehead atoms. The number of hydrogen-bond acceptors (Lipinski definition) is 2. The lowest BCUT2D eigenvalue weighted by molar-refractivity contribution is -0.421. The molecular weight excluding hydrogens is 434 g/mol. The number of allylic oxidation sites excluding steroid dienone is 1. The summed E-state index contributed by atoms with van der Waals surface area (Å²) >= 11 is 0. The summed E-state index contributed by atoms with van der Waals surface area (Å²) < 4.78 is 87.1. The minimum atomic E-state index is -5.98. The van der Waals surface area contributed by atoms with Crippen LogP contribution in [0.25, 0.3) is 16.3 Å². The highest BCUT2D eigenvalue weighted by atomic mass is 19.4. The number of ether oxygens (including phenoxy) is 1. The average Bonchev–Trinajstić information content (AvgIpc) is 3.13. The first kappa shape index (κ1) is 24.6. The third-order valence-corrected chi connectivity index (χ3v) is 6.42. The molecule has 1 aliphatic carbocycles. The van der Waals surface area contributed by atoms with Crippen molar-refractivity contribution in [1.82, 2.24) is 0 Å². The molecule has 0 aliphatic heterocycles. The van der Waals surface area contributed by atoms with Crippen LogP contribution in [0.3, 0.4) is 0 Å². The van der Waals surface area contributed by atoms with Crippen LogP contribution in [0.15, 0.2) is 43.0 Å². The topological polar surface area (TPSA) is 29.5 Å². The lowest BCUT2D eigenvalue weighted by Crippen LogP contribution is -2.70. The van der Waals surface area contributed by atoms with Crippen molar-refractivity contribution in [3.63, 3.8) is 0 Å². The number of benzene rings is 2. The zero-order chi connectivity index (χ0) is 24.2. The van der Waals surface area contributed by atoms with Crippen LogP contribution in [-0.2, 0) is 10.3 Å². The molecule has 0 unspecified atom stereocenters. The van der Waals surface area contributed by atoms with Crippen molar-refractivity contribution in [1.29, 1.82) is 0 Å². The SMILES string of the molecule is C=C(C)c1cccc2cc(C3(OC(C)(C)C(O)(C(F)(F)F)C(F)(F)F)CCCC3)ccc12. The van der Waals surface area contributed by atoms with Gasteiger partial charge in [-0.1, -0.05) is 55.3 Å². The summed E-state index contributed by atoms with van der Waals surface area (Å²) in [7, 11) is 0. The Labute approximate surface area is 182 Å². The Bertz CT molecular complexity index is 999. The average molecular weight is 460 g/mol. The number of fused-ring (bicyclic) bond motifs is 1. The number of aliphatic hydroxyl groups is 1. The van der Waals surface area contributed by atoms with Gasteiger partial charge in [0.2, 0.25) is 0 Å². The molecule has 1 saturated carbocycles. The van der Waals surface area contributed by atoms with Crippen molar-refractivity contribution in [2.45, 2.75) is 75.6 Å². The van der Waals surface area contributed by atoms with Gasteiger partial charge in [-0.15, -0.1) is 0 Å². The Morgan fingerprint density at radius 3 is 2.03 bits per heavy atom. The first-order valence-corrected chi connectivity index (χ1v) is 10.3. The second-order valence-electron chi connectivity index (χ2n) is 9.04. The van der Waals surface area contributed by atoms with Gasteiger partial charge >= 0.3 is 12.4 Å². The Morgan fingerprint density at radius 1 is 0.969 bits per heavy atom. The van der Waals surface area contributed by atoms with Gasteiger partial charge in [-0.2, -0.15) is 26.3 Å². The zero-order valence-electron chi connectivity index (χ0n) is 18.1. The molecule has 0 aromatic heterocycles. The van der Waals surface area contributed by atoms with E-state index in [1.807, 2.05) is 25.1 Å². The lowest BCUT2D eigenvalue weighted by Gasteiger charge is -2.48. The fourth-order valence-corrected chi connectivity index (χ4v) is 4.74. The highest BCUT2D eigenvalue weighted by Crippen LogP contribution is 2.55. The number of halogens is 6. The van der Waals surface area contributed by atoms with Gasteiger partial charge in [0, 0.05) is 0 Å². The number of hydrogen-bond donors (Lipinski definition) is 1. The highest BCUT2D eigenvalue weighted by Gasteiger charge is 2.78. The Kier molecular flexibility index (Phi) is 5.96. The van der Waals surface area contributed by atoms with Crippen LogP contribution in [0, 0.1) is 0 Å². The van der Waals surface area contributed by atoms with E-state index in [4.69, 9.17) is 4.74 Å². The fourth-order valence-electron chi connectivity index (χ4n) is 4.74. The van der Waals surface area contributed by atoms with Gasteiger partial charge in [-0.25, -0.2) is 0 Å². The molecule has 0 spiro atoms. The number of alkyl halides is 6. The summed E-state index contributed by atoms with van der Waals surface area (Å²) in [4.78, 5) is 0. The standard InChI is InChI=1S/C24H26F6O2/c1-15(2)18-9-7-8-16-14-17(10-11-19(16)18)21(12-5-6-13-21)32-20(3,4)22(31,23(25,26)27)24(28,29)30/h7-11,14,31H,1,5-6,12-13H2,2-4H3. The van der Waals surface area contributed by atoms with E-state index in [-0.39, 0.29) is 12.8 Å². The van der Waals surface area contributed by atoms with Gasteiger partial charge in [-0.3, -0.25) is 0 Å². The molecule has 0 radical (unpaired) electrons. The second-order valence-corrected chi connectivity index (χ2v) is 9.04. The molecule has 0 amide bonds. The molecule has 2 aromatic carbocycles. The minimum Gasteiger partial charge on any atom is -0.371 e. The minimum absolute atomic E-state index is 0.244. The molecule has 32 heavy (non-hydrogen) atoms. The molecule has 0 saturated heterocycles. The van der Waals surface area contributed by atoms with E-state index in [0.717, 1.165) is 21.9 Å². The van der Waals surface area contributed by atoms with Crippen molar-refractivity contribution in [3.05, 3.63) is 54.1 Å². The van der Waals surface area contributed by atoms with E-state index in [1.54, 1.807) is 18.2 Å². The Balaban J connectivity index is 2.13. The maximum absolute atomic E-state index is 13.6. The second kappa shape index (κ2) is 7.76. The van der Waals surface area contributed by atoms with Crippen LogP contribution in [0.4, 0.5) is 26.3 Å². The summed E-state index contributed by atoms with van der Waals surface area (Å²) in [5.74, 6) is 0. The molecule has 0 heterocycles. The van der Waals surface area contributed by atoms with Crippen molar-refractivity contribution in [2.24, 2.45) is 0 Å². The quantitative estimate of drug-likeness (QED) is 0.475. The third kappa shape index (κ3) is 3.81. The molecule has 1 N–H and O–H groups in total. The van der Waals surface area contributed by atoms with Gasteiger partial charge in [0.25, 0.3) is 5.60 Å². The van der Waals surface area contributed by atoms with Gasteiger partial charge < -0.3 is 9.84 Å². The van der Waals surface area contributed by atoms with Crippen LogP contribution in [0.5, 0.6) is 0 Å². The molecule has 1 fully saturated rings. The maximum atomic E-state index is 13.6.